The van der Waals surface area contributed by atoms with Crippen LogP contribution in [-0.2, 0) is 4.74 Å². The molecule has 0 spiro atoms. The third-order valence-corrected chi connectivity index (χ3v) is 7.70. The predicted octanol–water partition coefficient (Wildman–Crippen LogP) is 11.7. The zero-order chi connectivity index (χ0) is 48.7. The van der Waals surface area contributed by atoms with Gasteiger partial charge >= 0.3 is 89.3 Å². The first-order valence-electron chi connectivity index (χ1n) is 13.9. The van der Waals surface area contributed by atoms with Crippen molar-refractivity contribution in [3.8, 4) is 5.75 Å². The third-order valence-electron chi connectivity index (χ3n) is 7.70. The van der Waals surface area contributed by atoms with Crippen molar-refractivity contribution in [2.24, 2.45) is 0 Å². The number of carbonyl (C=O) groups is 1. The summed E-state index contributed by atoms with van der Waals surface area (Å²) in [7, 11) is 0. The SMILES string of the molecule is CCC(C)c1cc([N+](=O)[O-])cc([N+](=O)[O-])c1OC(=O)OC(F)(F)C(F)(F)C(F)(F)C(F)(F)C(F)(F)C(F)(F)C(F)(F)C(F)(F)C(F)(F)C(F)(F)C(F)(F)C(F)(F)C(F)(F)F. The molecule has 1 aromatic carbocycles. The van der Waals surface area contributed by atoms with E-state index in [0.29, 0.717) is 0 Å². The fraction of sp³-hybridized carbons (Fsp3) is 0.708. The van der Waals surface area contributed by atoms with E-state index in [-0.39, 0.29) is 18.6 Å². The molecule has 0 N–H and O–H groups in total. The van der Waals surface area contributed by atoms with Crippen molar-refractivity contribution in [2.75, 3.05) is 0 Å². The Morgan fingerprint density at radius 1 is 0.533 bits per heavy atom. The van der Waals surface area contributed by atoms with Gasteiger partial charge in [0.1, 0.15) is 0 Å². The standard InChI is InChI=1S/C24H11F27N2O7/c1-3-6(2)8-4-7(52(55)56)5-9(53(57)58)10(8)59-11(54)60-24(50,51)22(45,46)20(41,42)18(37,38)16(33,34)14(29,30)12(25,26)13(27,28)15(31,32)17(35,36)19(39,40)21(43,44)23(47,48)49/h4-6H,3H2,1-2H3. The molecular weight excluding hydrogens is 941 g/mol. The molecule has 0 heterocycles. The van der Waals surface area contributed by atoms with Gasteiger partial charge in [0.05, 0.1) is 15.9 Å². The molecule has 9 nitrogen and oxygen atoms in total. The lowest BCUT2D eigenvalue weighted by atomic mass is 9.84. The summed E-state index contributed by atoms with van der Waals surface area (Å²) in [6, 6.07) is 0.0189. The molecule has 36 heteroatoms. The highest BCUT2D eigenvalue weighted by molar-refractivity contribution is 5.70. The van der Waals surface area contributed by atoms with Crippen LogP contribution in [0.3, 0.4) is 0 Å². The smallest absolute Gasteiger partial charge is 0.387 e. The van der Waals surface area contributed by atoms with Crippen LogP contribution in [0.1, 0.15) is 31.7 Å². The Hall–Kier alpha value is -4.60. The lowest BCUT2D eigenvalue weighted by molar-refractivity contribution is -0.489. The van der Waals surface area contributed by atoms with E-state index in [1.54, 1.807) is 0 Å². The minimum Gasteiger partial charge on any atom is -0.387 e. The molecule has 348 valence electrons. The van der Waals surface area contributed by atoms with Gasteiger partial charge in [0, 0.05) is 11.6 Å². The van der Waals surface area contributed by atoms with Gasteiger partial charge in [-0.25, -0.2) is 4.79 Å². The average molecular weight is 952 g/mol. The summed E-state index contributed by atoms with van der Waals surface area (Å²) in [6.07, 6.45) is -20.6. The number of alkyl halides is 27. The lowest BCUT2D eigenvalue weighted by Gasteiger charge is -2.45. The van der Waals surface area contributed by atoms with Crippen LogP contribution in [0.4, 0.5) is 135 Å². The van der Waals surface area contributed by atoms with Gasteiger partial charge in [0.2, 0.25) is 5.75 Å². The number of rotatable bonds is 17. The number of hydrogen-bond donors (Lipinski definition) is 0. The van der Waals surface area contributed by atoms with Crippen molar-refractivity contribution < 1.29 is 143 Å². The minimum atomic E-state index is -9.98. The Labute approximate surface area is 308 Å². The molecule has 1 rings (SSSR count). The normalized spacial score (nSPS) is 15.8. The molecule has 0 saturated carbocycles. The number of non-ortho nitro benzene ring substituents is 1. The van der Waals surface area contributed by atoms with Gasteiger partial charge in [-0.2, -0.15) is 119 Å². The Balaban J connectivity index is 3.90. The van der Waals surface area contributed by atoms with Gasteiger partial charge in [-0.05, 0) is 12.3 Å². The molecule has 0 amide bonds. The zero-order valence-corrected chi connectivity index (χ0v) is 27.4. The van der Waals surface area contributed by atoms with E-state index in [0.717, 1.165) is 13.8 Å². The number of ether oxygens (including phenoxy) is 2. The zero-order valence-electron chi connectivity index (χ0n) is 27.4. The van der Waals surface area contributed by atoms with E-state index in [2.05, 4.69) is 9.47 Å². The van der Waals surface area contributed by atoms with E-state index in [1.807, 2.05) is 0 Å². The van der Waals surface area contributed by atoms with Crippen LogP contribution in [0, 0.1) is 20.2 Å². The molecular formula is C24H11F27N2O7. The largest absolute Gasteiger partial charge is 0.518 e. The van der Waals surface area contributed by atoms with E-state index in [1.165, 1.54) is 0 Å². The molecule has 0 fully saturated rings. The molecule has 1 unspecified atom stereocenters. The van der Waals surface area contributed by atoms with Crippen LogP contribution < -0.4 is 4.74 Å². The highest BCUT2D eigenvalue weighted by atomic mass is 19.4. The Morgan fingerprint density at radius 2 is 0.833 bits per heavy atom. The maximum Gasteiger partial charge on any atom is 0.518 e. The van der Waals surface area contributed by atoms with Crippen LogP contribution in [0.2, 0.25) is 0 Å². The summed E-state index contributed by atoms with van der Waals surface area (Å²) in [5, 5.41) is 22.4. The molecule has 1 aromatic rings. The number of benzene rings is 1. The molecule has 0 aliphatic rings. The van der Waals surface area contributed by atoms with Gasteiger partial charge in [-0.3, -0.25) is 20.2 Å². The van der Waals surface area contributed by atoms with Crippen LogP contribution in [0.5, 0.6) is 5.75 Å². The summed E-state index contributed by atoms with van der Waals surface area (Å²) >= 11 is 0. The third kappa shape index (κ3) is 7.23. The van der Waals surface area contributed by atoms with Crippen molar-refractivity contribution >= 4 is 17.5 Å². The fourth-order valence-corrected chi connectivity index (χ4v) is 3.97. The minimum absolute atomic E-state index is 0.197. The van der Waals surface area contributed by atoms with Gasteiger partial charge in [0.15, 0.2) is 0 Å². The summed E-state index contributed by atoms with van der Waals surface area (Å²) in [6.45, 7) is 2.03. The molecule has 1 atom stereocenters. The lowest BCUT2D eigenvalue weighted by Crippen LogP contribution is -2.78. The Bertz CT molecular complexity index is 1830. The molecule has 0 bridgehead atoms. The first kappa shape index (κ1) is 53.4. The second kappa shape index (κ2) is 14.8. The van der Waals surface area contributed by atoms with Crippen molar-refractivity contribution in [1.82, 2.24) is 0 Å². The fourth-order valence-electron chi connectivity index (χ4n) is 3.97. The summed E-state index contributed by atoms with van der Waals surface area (Å²) in [5.41, 5.74) is -4.25. The summed E-state index contributed by atoms with van der Waals surface area (Å²) in [4.78, 5) is 31.1. The van der Waals surface area contributed by atoms with Gasteiger partial charge in [0.25, 0.3) is 5.69 Å². The Morgan fingerprint density at radius 3 is 1.10 bits per heavy atom. The number of hydrogen-bond acceptors (Lipinski definition) is 7. The maximum absolute atomic E-state index is 14.2. The molecule has 0 aliphatic heterocycles. The summed E-state index contributed by atoms with van der Waals surface area (Å²) < 4.78 is 375. The van der Waals surface area contributed by atoms with E-state index in [9.17, 15) is 144 Å². The van der Waals surface area contributed by atoms with Gasteiger partial charge in [-0.15, -0.1) is 0 Å². The van der Waals surface area contributed by atoms with Crippen molar-refractivity contribution in [1.29, 1.82) is 0 Å². The number of nitro groups is 2. The average Bonchev–Trinajstić information content (AvgIpc) is 3.05. The first-order valence-corrected chi connectivity index (χ1v) is 13.9. The topological polar surface area (TPSA) is 122 Å². The van der Waals surface area contributed by atoms with Crippen LogP contribution in [0.25, 0.3) is 0 Å². The van der Waals surface area contributed by atoms with Crippen molar-refractivity contribution in [3.63, 3.8) is 0 Å². The Kier molecular flexibility index (Phi) is 13.2. The predicted molar refractivity (Wildman–Crippen MR) is 131 cm³/mol. The molecule has 60 heavy (non-hydrogen) atoms. The van der Waals surface area contributed by atoms with Gasteiger partial charge < -0.3 is 9.47 Å². The number of nitro benzene ring substituents is 2. The van der Waals surface area contributed by atoms with E-state index >= 15 is 0 Å². The highest BCUT2D eigenvalue weighted by Crippen LogP contribution is 2.68. The van der Waals surface area contributed by atoms with Crippen LogP contribution in [-0.4, -0.2) is 93.4 Å². The van der Waals surface area contributed by atoms with Gasteiger partial charge in [-0.1, -0.05) is 13.8 Å². The second-order valence-electron chi connectivity index (χ2n) is 11.5. The van der Waals surface area contributed by atoms with Crippen molar-refractivity contribution in [2.45, 2.75) is 104 Å². The number of carbonyl (C=O) groups excluding carboxylic acids is 1. The number of nitrogens with zero attached hydrogens (tertiary/aromatic N) is 2. The quantitative estimate of drug-likeness (QED) is 0.0501. The number of halogens is 27. The molecule has 0 saturated heterocycles. The van der Waals surface area contributed by atoms with E-state index < -0.39 is 122 Å². The molecule has 0 radical (unpaired) electrons. The van der Waals surface area contributed by atoms with Crippen molar-refractivity contribution in [3.05, 3.63) is 37.9 Å². The first-order chi connectivity index (χ1) is 26.0. The van der Waals surface area contributed by atoms with Crippen LogP contribution in [0.15, 0.2) is 12.1 Å². The molecule has 0 aliphatic carbocycles. The highest BCUT2D eigenvalue weighted by Gasteiger charge is 3.00. The van der Waals surface area contributed by atoms with E-state index in [4.69, 9.17) is 0 Å². The summed E-state index contributed by atoms with van der Waals surface area (Å²) in [5.74, 6) is -109. The van der Waals surface area contributed by atoms with Crippen LogP contribution >= 0.6 is 0 Å². The maximum atomic E-state index is 14.2. The molecule has 0 aromatic heterocycles. The monoisotopic (exact) mass is 952 g/mol. The second-order valence-corrected chi connectivity index (χ2v) is 11.5.